The Balaban J connectivity index is 2.06. The number of aryl methyl sites for hydroxylation is 2. The molecule has 2 aromatic heterocycles. The molecule has 1 aliphatic rings. The zero-order valence-electron chi connectivity index (χ0n) is 22.3. The smallest absolute Gasteiger partial charge is 0.227 e. The lowest BCUT2D eigenvalue weighted by Gasteiger charge is -2.34. The second-order valence-electron chi connectivity index (χ2n) is 7.19. The Labute approximate surface area is 154 Å². The van der Waals surface area contributed by atoms with Crippen molar-refractivity contribution in [2.24, 2.45) is 5.41 Å². The van der Waals surface area contributed by atoms with Gasteiger partial charge >= 0.3 is 0 Å². The number of hydrogen-bond donors (Lipinski definition) is 0. The first-order chi connectivity index (χ1) is 14.5. The second-order valence-corrected chi connectivity index (χ2v) is 7.19. The molecule has 4 rings (SSSR count). The molecule has 3 heteroatoms. The van der Waals surface area contributed by atoms with Gasteiger partial charge < -0.3 is 9.32 Å². The first-order valence-corrected chi connectivity index (χ1v) is 8.04. The summed E-state index contributed by atoms with van der Waals surface area (Å²) in [6.07, 6.45) is -2.58. The van der Waals surface area contributed by atoms with Crippen molar-refractivity contribution in [3.8, 4) is 0 Å². The van der Waals surface area contributed by atoms with Crippen LogP contribution in [-0.2, 0) is 0 Å². The lowest BCUT2D eigenvalue weighted by Crippen LogP contribution is -2.38. The SMILES string of the molecule is [2H]C([2H])([2H])C1(C([2H])([2H])[2H])CN(c2c(C)ccc3c2oc2nc(C)ccc23)C(C)(C)C1([2H])[2H]. The normalized spacial score (nSPS) is 27.6. The van der Waals surface area contributed by atoms with Crippen LogP contribution in [0, 0.1) is 19.3 Å². The molecule has 1 aromatic carbocycles. The highest BCUT2D eigenvalue weighted by molar-refractivity contribution is 6.08. The van der Waals surface area contributed by atoms with Gasteiger partial charge in [0.15, 0.2) is 5.58 Å². The summed E-state index contributed by atoms with van der Waals surface area (Å²) < 4.78 is 72.5. The van der Waals surface area contributed by atoms with Crippen molar-refractivity contribution in [3.63, 3.8) is 0 Å². The van der Waals surface area contributed by atoms with Crippen molar-refractivity contribution in [1.29, 1.82) is 0 Å². The van der Waals surface area contributed by atoms with Gasteiger partial charge in [-0.1, -0.05) is 25.8 Å². The summed E-state index contributed by atoms with van der Waals surface area (Å²) in [6, 6.07) is 7.49. The van der Waals surface area contributed by atoms with Crippen LogP contribution in [-0.4, -0.2) is 17.1 Å². The molecular formula is C21H26N2O. The highest BCUT2D eigenvalue weighted by Crippen LogP contribution is 2.47. The van der Waals surface area contributed by atoms with E-state index in [-0.39, 0.29) is 0 Å². The molecular weight excluding hydrogens is 296 g/mol. The van der Waals surface area contributed by atoms with Crippen LogP contribution in [0.15, 0.2) is 28.7 Å². The first kappa shape index (κ1) is 8.89. The van der Waals surface area contributed by atoms with Crippen LogP contribution in [0.3, 0.4) is 0 Å². The first-order valence-electron chi connectivity index (χ1n) is 12.0. The highest BCUT2D eigenvalue weighted by atomic mass is 16.3. The van der Waals surface area contributed by atoms with E-state index in [1.807, 2.05) is 38.1 Å². The fourth-order valence-electron chi connectivity index (χ4n) is 3.66. The van der Waals surface area contributed by atoms with E-state index in [2.05, 4.69) is 4.98 Å². The zero-order chi connectivity index (χ0) is 24.1. The number of pyridine rings is 1. The minimum absolute atomic E-state index is 0.421. The number of furan rings is 1. The van der Waals surface area contributed by atoms with E-state index in [9.17, 15) is 0 Å². The molecule has 0 saturated carbocycles. The molecule has 3 heterocycles. The van der Waals surface area contributed by atoms with Crippen LogP contribution in [0.4, 0.5) is 5.69 Å². The van der Waals surface area contributed by atoms with Crippen molar-refractivity contribution >= 4 is 27.8 Å². The minimum Gasteiger partial charge on any atom is -0.436 e. The fourth-order valence-corrected chi connectivity index (χ4v) is 3.66. The van der Waals surface area contributed by atoms with Gasteiger partial charge in [-0.25, -0.2) is 4.98 Å². The van der Waals surface area contributed by atoms with Crippen molar-refractivity contribution in [2.45, 2.75) is 53.3 Å². The lowest BCUT2D eigenvalue weighted by atomic mass is 9.86. The molecule has 0 spiro atoms. The molecule has 0 amide bonds. The summed E-state index contributed by atoms with van der Waals surface area (Å²) in [7, 11) is 0. The number of aromatic nitrogens is 1. The van der Waals surface area contributed by atoms with Crippen LogP contribution < -0.4 is 4.90 Å². The molecule has 3 nitrogen and oxygen atoms in total. The maximum Gasteiger partial charge on any atom is 0.227 e. The molecule has 1 fully saturated rings. The largest absolute Gasteiger partial charge is 0.436 e. The molecule has 0 N–H and O–H groups in total. The summed E-state index contributed by atoms with van der Waals surface area (Å²) in [6.45, 7) is 0.119. The molecule has 0 bridgehead atoms. The van der Waals surface area contributed by atoms with E-state index in [0.717, 1.165) is 22.0 Å². The number of hydrogen-bond acceptors (Lipinski definition) is 3. The topological polar surface area (TPSA) is 29.3 Å². The van der Waals surface area contributed by atoms with E-state index < -0.39 is 37.6 Å². The second kappa shape index (κ2) is 4.75. The van der Waals surface area contributed by atoms with Crippen molar-refractivity contribution in [1.82, 2.24) is 4.98 Å². The Morgan fingerprint density at radius 2 is 1.92 bits per heavy atom. The summed E-state index contributed by atoms with van der Waals surface area (Å²) in [4.78, 5) is 6.01. The van der Waals surface area contributed by atoms with Gasteiger partial charge in [0, 0.05) is 39.5 Å². The quantitative estimate of drug-likeness (QED) is 0.580. The third kappa shape index (κ3) is 2.21. The summed E-state index contributed by atoms with van der Waals surface area (Å²) in [5.74, 6) is 0. The Morgan fingerprint density at radius 1 is 1.17 bits per heavy atom. The van der Waals surface area contributed by atoms with E-state index >= 15 is 0 Å². The number of benzene rings is 1. The van der Waals surface area contributed by atoms with Gasteiger partial charge in [0.25, 0.3) is 0 Å². The van der Waals surface area contributed by atoms with Gasteiger partial charge in [0.1, 0.15) is 0 Å². The Kier molecular flexibility index (Phi) is 1.76. The maximum absolute atomic E-state index is 8.86. The molecule has 1 saturated heterocycles. The molecule has 3 aromatic rings. The predicted octanol–water partition coefficient (Wildman–Crippen LogP) is 5.61. The number of nitrogens with zero attached hydrogens (tertiary/aromatic N) is 2. The molecule has 126 valence electrons. The van der Waals surface area contributed by atoms with Gasteiger partial charge in [-0.05, 0) is 57.2 Å². The third-order valence-electron chi connectivity index (χ3n) is 4.68. The zero-order valence-corrected chi connectivity index (χ0v) is 14.3. The summed E-state index contributed by atoms with van der Waals surface area (Å²) in [5.41, 5.74) is -1.20. The maximum atomic E-state index is 8.86. The number of rotatable bonds is 1. The molecule has 24 heavy (non-hydrogen) atoms. The molecule has 0 aliphatic carbocycles. The van der Waals surface area contributed by atoms with Crippen molar-refractivity contribution in [2.75, 3.05) is 11.4 Å². The average molecular weight is 331 g/mol. The van der Waals surface area contributed by atoms with E-state index in [0.29, 0.717) is 17.0 Å². The Morgan fingerprint density at radius 3 is 2.62 bits per heavy atom. The number of fused-ring (bicyclic) bond motifs is 3. The third-order valence-corrected chi connectivity index (χ3v) is 4.68. The standard InChI is InChI=1S/C21H26N2O/c1-13-7-9-15-16-10-8-14(2)22-19(16)24-18(15)17(13)23-12-20(3,4)11-21(23,5)6/h7-10H,11-12H2,1-6H3/i3D3,4D3,11D2. The van der Waals surface area contributed by atoms with Crippen LogP contribution >= 0.6 is 0 Å². The van der Waals surface area contributed by atoms with E-state index in [1.165, 1.54) is 0 Å². The van der Waals surface area contributed by atoms with Crippen LogP contribution in [0.1, 0.15) is 56.1 Å². The van der Waals surface area contributed by atoms with Gasteiger partial charge in [-0.3, -0.25) is 0 Å². The Bertz CT molecular complexity index is 1210. The monoisotopic (exact) mass is 330 g/mol. The molecule has 0 atom stereocenters. The molecule has 0 radical (unpaired) electrons. The molecule has 0 unspecified atom stereocenters. The fraction of sp³-hybridized carbons (Fsp3) is 0.476. The van der Waals surface area contributed by atoms with Crippen LogP contribution in [0.2, 0.25) is 0 Å². The van der Waals surface area contributed by atoms with Gasteiger partial charge in [-0.15, -0.1) is 0 Å². The highest BCUT2D eigenvalue weighted by Gasteiger charge is 2.44. The predicted molar refractivity (Wildman–Crippen MR) is 101 cm³/mol. The van der Waals surface area contributed by atoms with E-state index in [4.69, 9.17) is 15.4 Å². The summed E-state index contributed by atoms with van der Waals surface area (Å²) in [5, 5.41) is 1.54. The van der Waals surface area contributed by atoms with Crippen molar-refractivity contribution < 1.29 is 15.4 Å². The minimum atomic E-state index is -3.07. The van der Waals surface area contributed by atoms with Gasteiger partial charge in [0.2, 0.25) is 5.71 Å². The van der Waals surface area contributed by atoms with Crippen molar-refractivity contribution in [3.05, 3.63) is 35.5 Å². The Hall–Kier alpha value is -2.03. The van der Waals surface area contributed by atoms with Gasteiger partial charge in [-0.2, -0.15) is 0 Å². The van der Waals surface area contributed by atoms with E-state index in [1.54, 1.807) is 18.7 Å². The van der Waals surface area contributed by atoms with Crippen LogP contribution in [0.25, 0.3) is 22.1 Å². The average Bonchev–Trinajstić information content (AvgIpc) is 3.05. The van der Waals surface area contributed by atoms with Gasteiger partial charge in [0.05, 0.1) is 5.69 Å². The number of anilines is 1. The van der Waals surface area contributed by atoms with Crippen LogP contribution in [0.5, 0.6) is 0 Å². The lowest BCUT2D eigenvalue weighted by molar-refractivity contribution is 0.371. The molecule has 1 aliphatic heterocycles. The summed E-state index contributed by atoms with van der Waals surface area (Å²) >= 11 is 0.